The fourth-order valence-corrected chi connectivity index (χ4v) is 3.54. The molecule has 1 heterocycles. The first-order chi connectivity index (χ1) is 9.45. The molecule has 2 rings (SSSR count). The van der Waals surface area contributed by atoms with Crippen molar-refractivity contribution < 1.29 is 4.74 Å². The Hall–Kier alpha value is -1.10. The van der Waals surface area contributed by atoms with Gasteiger partial charge in [-0.1, -0.05) is 20.8 Å². The summed E-state index contributed by atoms with van der Waals surface area (Å²) in [6.07, 6.45) is 2.86. The molecule has 0 spiro atoms. The van der Waals surface area contributed by atoms with Crippen LogP contribution < -0.4 is 0 Å². The highest BCUT2D eigenvalue weighted by molar-refractivity contribution is 5.01. The van der Waals surface area contributed by atoms with E-state index >= 15 is 0 Å². The van der Waals surface area contributed by atoms with Crippen LogP contribution >= 0.6 is 0 Å². The van der Waals surface area contributed by atoms with E-state index in [4.69, 9.17) is 10.00 Å². The van der Waals surface area contributed by atoms with Crippen molar-refractivity contribution in [1.29, 1.82) is 10.5 Å². The summed E-state index contributed by atoms with van der Waals surface area (Å²) in [6, 6.07) is 4.98. The first-order valence-corrected chi connectivity index (χ1v) is 7.60. The van der Waals surface area contributed by atoms with Gasteiger partial charge < -0.3 is 4.74 Å². The average molecular weight is 275 g/mol. The van der Waals surface area contributed by atoms with Crippen LogP contribution in [0.1, 0.15) is 40.0 Å². The molecule has 2 aliphatic rings. The van der Waals surface area contributed by atoms with Crippen LogP contribution in [0.25, 0.3) is 0 Å². The third-order valence-electron chi connectivity index (χ3n) is 4.92. The Morgan fingerprint density at radius 2 is 1.90 bits per heavy atom. The molecule has 4 nitrogen and oxygen atoms in total. The van der Waals surface area contributed by atoms with Gasteiger partial charge in [-0.25, -0.2) is 0 Å². The van der Waals surface area contributed by atoms with E-state index in [0.717, 1.165) is 25.8 Å². The Labute approximate surface area is 122 Å². The standard InChI is InChI=1S/C16H25N3O/c1-16(2,3)13-5-4-12(9-17)15(8-13)19-6-7-20-14(10-18)11-19/h12-15H,4-8,11H2,1-3H3. The Kier molecular flexibility index (Phi) is 4.68. The first kappa shape index (κ1) is 15.3. The highest BCUT2D eigenvalue weighted by atomic mass is 16.5. The maximum atomic E-state index is 9.43. The van der Waals surface area contributed by atoms with Crippen molar-refractivity contribution in [2.24, 2.45) is 17.3 Å². The molecular weight excluding hydrogens is 250 g/mol. The Morgan fingerprint density at radius 3 is 2.50 bits per heavy atom. The predicted octanol–water partition coefficient (Wildman–Crippen LogP) is 2.57. The molecule has 0 bridgehead atoms. The average Bonchev–Trinajstić information content (AvgIpc) is 2.45. The van der Waals surface area contributed by atoms with Crippen LogP contribution in [0.15, 0.2) is 0 Å². The van der Waals surface area contributed by atoms with Crippen molar-refractivity contribution in [1.82, 2.24) is 4.90 Å². The molecule has 0 radical (unpaired) electrons. The fraction of sp³-hybridized carbons (Fsp3) is 0.875. The molecule has 0 aromatic heterocycles. The number of ether oxygens (including phenoxy) is 1. The second-order valence-electron chi connectivity index (χ2n) is 7.16. The van der Waals surface area contributed by atoms with Crippen molar-refractivity contribution in [3.05, 3.63) is 0 Å². The lowest BCUT2D eigenvalue weighted by molar-refractivity contribution is -0.0411. The Balaban J connectivity index is 2.09. The van der Waals surface area contributed by atoms with E-state index in [-0.39, 0.29) is 18.1 Å². The Bertz CT molecular complexity index is 415. The van der Waals surface area contributed by atoms with Gasteiger partial charge >= 0.3 is 0 Å². The summed E-state index contributed by atoms with van der Waals surface area (Å²) in [7, 11) is 0. The molecule has 0 aromatic rings. The molecule has 0 N–H and O–H groups in total. The molecule has 4 heteroatoms. The van der Waals surface area contributed by atoms with Crippen LogP contribution in [-0.4, -0.2) is 36.7 Å². The molecule has 4 atom stereocenters. The van der Waals surface area contributed by atoms with Crippen LogP contribution in [-0.2, 0) is 4.74 Å². The third kappa shape index (κ3) is 3.32. The Morgan fingerprint density at radius 1 is 1.15 bits per heavy atom. The zero-order valence-electron chi connectivity index (χ0n) is 12.8. The molecule has 1 aliphatic heterocycles. The zero-order valence-corrected chi connectivity index (χ0v) is 12.8. The number of rotatable bonds is 1. The van der Waals surface area contributed by atoms with Gasteiger partial charge in [0.05, 0.1) is 24.7 Å². The van der Waals surface area contributed by atoms with Gasteiger partial charge in [0.2, 0.25) is 0 Å². The summed E-state index contributed by atoms with van der Waals surface area (Å²) < 4.78 is 5.43. The van der Waals surface area contributed by atoms with Crippen molar-refractivity contribution in [3.63, 3.8) is 0 Å². The summed E-state index contributed by atoms with van der Waals surface area (Å²) in [5.74, 6) is 0.756. The minimum absolute atomic E-state index is 0.103. The number of morpholine rings is 1. The van der Waals surface area contributed by atoms with Crippen molar-refractivity contribution >= 4 is 0 Å². The third-order valence-corrected chi connectivity index (χ3v) is 4.92. The minimum Gasteiger partial charge on any atom is -0.361 e. The lowest BCUT2D eigenvalue weighted by Crippen LogP contribution is -2.52. The molecule has 1 saturated carbocycles. The van der Waals surface area contributed by atoms with Crippen LogP contribution in [0.5, 0.6) is 0 Å². The van der Waals surface area contributed by atoms with Crippen molar-refractivity contribution in [2.75, 3.05) is 19.7 Å². The largest absolute Gasteiger partial charge is 0.361 e. The van der Waals surface area contributed by atoms with E-state index in [1.54, 1.807) is 0 Å². The van der Waals surface area contributed by atoms with E-state index in [1.807, 2.05) is 0 Å². The summed E-state index contributed by atoms with van der Waals surface area (Å²) in [5, 5.41) is 18.5. The highest BCUT2D eigenvalue weighted by Crippen LogP contribution is 2.41. The highest BCUT2D eigenvalue weighted by Gasteiger charge is 2.40. The summed E-state index contributed by atoms with van der Waals surface area (Å²) in [4.78, 5) is 2.32. The zero-order chi connectivity index (χ0) is 14.8. The van der Waals surface area contributed by atoms with E-state index in [1.165, 1.54) is 0 Å². The minimum atomic E-state index is -0.335. The molecule has 2 fully saturated rings. The van der Waals surface area contributed by atoms with Crippen LogP contribution in [0.4, 0.5) is 0 Å². The number of nitriles is 2. The second-order valence-corrected chi connectivity index (χ2v) is 7.16. The number of hydrogen-bond donors (Lipinski definition) is 0. The lowest BCUT2D eigenvalue weighted by Gasteiger charge is -2.45. The monoisotopic (exact) mass is 275 g/mol. The molecule has 1 saturated heterocycles. The normalized spacial score (nSPS) is 36.0. The topological polar surface area (TPSA) is 60.1 Å². The first-order valence-electron chi connectivity index (χ1n) is 7.60. The van der Waals surface area contributed by atoms with Gasteiger partial charge in [-0.2, -0.15) is 10.5 Å². The predicted molar refractivity (Wildman–Crippen MR) is 76.6 cm³/mol. The van der Waals surface area contributed by atoms with Gasteiger partial charge in [0.1, 0.15) is 0 Å². The molecule has 0 aromatic carbocycles. The van der Waals surface area contributed by atoms with Gasteiger partial charge in [-0.05, 0) is 30.6 Å². The van der Waals surface area contributed by atoms with E-state index in [9.17, 15) is 5.26 Å². The van der Waals surface area contributed by atoms with Crippen molar-refractivity contribution in [3.8, 4) is 12.1 Å². The molecule has 20 heavy (non-hydrogen) atoms. The van der Waals surface area contributed by atoms with Crippen molar-refractivity contribution in [2.45, 2.75) is 52.2 Å². The van der Waals surface area contributed by atoms with Crippen LogP contribution in [0, 0.1) is 39.9 Å². The van der Waals surface area contributed by atoms with E-state index in [0.29, 0.717) is 24.5 Å². The fourth-order valence-electron chi connectivity index (χ4n) is 3.54. The van der Waals surface area contributed by atoms with Crippen LogP contribution in [0.2, 0.25) is 0 Å². The SMILES string of the molecule is CC(C)(C)C1CCC(C#N)C(N2CCOC(C#N)C2)C1. The second kappa shape index (κ2) is 6.12. The van der Waals surface area contributed by atoms with Gasteiger partial charge in [0.25, 0.3) is 0 Å². The molecule has 110 valence electrons. The number of nitrogens with zero attached hydrogens (tertiary/aromatic N) is 3. The lowest BCUT2D eigenvalue weighted by atomic mass is 9.67. The maximum Gasteiger partial charge on any atom is 0.156 e. The van der Waals surface area contributed by atoms with E-state index < -0.39 is 0 Å². The molecular formula is C16H25N3O. The smallest absolute Gasteiger partial charge is 0.156 e. The number of hydrogen-bond acceptors (Lipinski definition) is 4. The van der Waals surface area contributed by atoms with Gasteiger partial charge in [0.15, 0.2) is 6.10 Å². The maximum absolute atomic E-state index is 9.43. The molecule has 1 aliphatic carbocycles. The van der Waals surface area contributed by atoms with Gasteiger partial charge in [-0.15, -0.1) is 0 Å². The van der Waals surface area contributed by atoms with Gasteiger partial charge in [-0.3, -0.25) is 4.90 Å². The van der Waals surface area contributed by atoms with Crippen LogP contribution in [0.3, 0.4) is 0 Å². The quantitative estimate of drug-likeness (QED) is 0.738. The molecule has 0 amide bonds. The summed E-state index contributed by atoms with van der Waals surface area (Å²) in [6.45, 7) is 8.97. The molecule has 4 unspecified atom stereocenters. The van der Waals surface area contributed by atoms with Gasteiger partial charge in [0, 0.05) is 19.1 Å². The summed E-state index contributed by atoms with van der Waals surface area (Å²) in [5.41, 5.74) is 0.291. The van der Waals surface area contributed by atoms with E-state index in [2.05, 4.69) is 37.8 Å². The summed E-state index contributed by atoms with van der Waals surface area (Å²) >= 11 is 0.